The molecule has 1 N–H and O–H groups in total. The van der Waals surface area contributed by atoms with Gasteiger partial charge in [-0.05, 0) is 25.2 Å². The number of ether oxygens (including phenoxy) is 1. The molecule has 2 amide bonds. The zero-order valence-electron chi connectivity index (χ0n) is 10.1. The van der Waals surface area contributed by atoms with Gasteiger partial charge in [-0.25, -0.2) is 0 Å². The molecule has 1 saturated heterocycles. The van der Waals surface area contributed by atoms with E-state index in [1.807, 2.05) is 0 Å². The molecule has 0 aromatic rings. The largest absolute Gasteiger partial charge is 0.393 e. The normalized spacial score (nSPS) is 35.2. The average molecular weight is 241 g/mol. The molecule has 17 heavy (non-hydrogen) atoms. The van der Waals surface area contributed by atoms with Crippen molar-refractivity contribution in [2.45, 2.75) is 44.8 Å². The minimum atomic E-state index is -0.397. The van der Waals surface area contributed by atoms with E-state index >= 15 is 0 Å². The Hall–Kier alpha value is -0.940. The minimum absolute atomic E-state index is 0.0191. The standard InChI is InChI=1S/C12H19NO4/c1-2-8-3-4-9(14)5-10(8)13-11(15)6-17-7-12(13)16/h8-10,14H,2-7H2,1H3. The van der Waals surface area contributed by atoms with Crippen LogP contribution in [0.15, 0.2) is 0 Å². The van der Waals surface area contributed by atoms with E-state index in [-0.39, 0.29) is 31.1 Å². The van der Waals surface area contributed by atoms with E-state index in [1.54, 1.807) is 0 Å². The van der Waals surface area contributed by atoms with E-state index < -0.39 is 6.10 Å². The third-order valence-corrected chi connectivity index (χ3v) is 3.77. The van der Waals surface area contributed by atoms with Crippen molar-refractivity contribution in [1.29, 1.82) is 0 Å². The molecular formula is C12H19NO4. The van der Waals surface area contributed by atoms with Gasteiger partial charge in [-0.3, -0.25) is 14.5 Å². The Morgan fingerprint density at radius 1 is 1.29 bits per heavy atom. The third kappa shape index (κ3) is 2.50. The van der Waals surface area contributed by atoms with Crippen LogP contribution >= 0.6 is 0 Å². The number of rotatable bonds is 2. The van der Waals surface area contributed by atoms with Gasteiger partial charge < -0.3 is 9.84 Å². The first-order chi connectivity index (χ1) is 8.13. The summed E-state index contributed by atoms with van der Waals surface area (Å²) in [5, 5.41) is 9.72. The molecule has 96 valence electrons. The molecule has 5 nitrogen and oxygen atoms in total. The monoisotopic (exact) mass is 241 g/mol. The maximum Gasteiger partial charge on any atom is 0.255 e. The summed E-state index contributed by atoms with van der Waals surface area (Å²) in [5.41, 5.74) is 0. The number of carbonyl (C=O) groups is 2. The van der Waals surface area contributed by atoms with Gasteiger partial charge in [-0.1, -0.05) is 13.3 Å². The van der Waals surface area contributed by atoms with Crippen LogP contribution in [-0.2, 0) is 14.3 Å². The maximum absolute atomic E-state index is 11.8. The molecule has 0 spiro atoms. The Labute approximate surface area is 101 Å². The number of hydrogen-bond acceptors (Lipinski definition) is 4. The number of amides is 2. The molecule has 0 bridgehead atoms. The summed E-state index contributed by atoms with van der Waals surface area (Å²) in [7, 11) is 0. The van der Waals surface area contributed by atoms with Crippen LogP contribution in [0.3, 0.4) is 0 Å². The Bertz CT molecular complexity index is 302. The lowest BCUT2D eigenvalue weighted by Crippen LogP contribution is -2.56. The first-order valence-corrected chi connectivity index (χ1v) is 6.24. The van der Waals surface area contributed by atoms with Crippen molar-refractivity contribution in [3.63, 3.8) is 0 Å². The molecule has 2 fully saturated rings. The summed E-state index contributed by atoms with van der Waals surface area (Å²) in [6, 6.07) is -0.146. The van der Waals surface area contributed by atoms with E-state index in [1.165, 1.54) is 4.90 Å². The van der Waals surface area contributed by atoms with Crippen LogP contribution in [0.1, 0.15) is 32.6 Å². The van der Waals surface area contributed by atoms with E-state index in [4.69, 9.17) is 4.74 Å². The van der Waals surface area contributed by atoms with Gasteiger partial charge in [-0.2, -0.15) is 0 Å². The van der Waals surface area contributed by atoms with Gasteiger partial charge in [-0.15, -0.1) is 0 Å². The molecule has 1 aliphatic heterocycles. The summed E-state index contributed by atoms with van der Waals surface area (Å²) in [5.74, 6) is -0.220. The first kappa shape index (κ1) is 12.5. The zero-order valence-corrected chi connectivity index (χ0v) is 10.1. The van der Waals surface area contributed by atoms with Crippen molar-refractivity contribution < 1.29 is 19.4 Å². The van der Waals surface area contributed by atoms with Gasteiger partial charge in [0.2, 0.25) is 0 Å². The lowest BCUT2D eigenvalue weighted by Gasteiger charge is -2.41. The molecule has 0 aromatic heterocycles. The van der Waals surface area contributed by atoms with Gasteiger partial charge in [0.1, 0.15) is 13.2 Å². The Balaban J connectivity index is 2.16. The number of hydrogen-bond donors (Lipinski definition) is 1. The SMILES string of the molecule is CCC1CCC(O)CC1N1C(=O)COCC1=O. The van der Waals surface area contributed by atoms with E-state index in [0.29, 0.717) is 12.3 Å². The van der Waals surface area contributed by atoms with Gasteiger partial charge in [0, 0.05) is 6.04 Å². The fraction of sp³-hybridized carbons (Fsp3) is 0.833. The number of aliphatic hydroxyl groups is 1. The second-order valence-corrected chi connectivity index (χ2v) is 4.85. The first-order valence-electron chi connectivity index (χ1n) is 6.24. The van der Waals surface area contributed by atoms with Crippen molar-refractivity contribution in [1.82, 2.24) is 4.90 Å². The maximum atomic E-state index is 11.8. The molecular weight excluding hydrogens is 222 g/mol. The number of imide groups is 1. The summed E-state index contributed by atoms with van der Waals surface area (Å²) in [4.78, 5) is 24.9. The second-order valence-electron chi connectivity index (χ2n) is 4.85. The molecule has 5 heteroatoms. The van der Waals surface area contributed by atoms with Crippen molar-refractivity contribution in [3.05, 3.63) is 0 Å². The minimum Gasteiger partial charge on any atom is -0.393 e. The lowest BCUT2D eigenvalue weighted by atomic mass is 9.80. The van der Waals surface area contributed by atoms with Crippen molar-refractivity contribution in [2.24, 2.45) is 5.92 Å². The number of morpholine rings is 1. The summed E-state index contributed by atoms with van der Waals surface area (Å²) >= 11 is 0. The molecule has 1 heterocycles. The quantitative estimate of drug-likeness (QED) is 0.707. The van der Waals surface area contributed by atoms with Gasteiger partial charge >= 0.3 is 0 Å². The highest BCUT2D eigenvalue weighted by atomic mass is 16.5. The Morgan fingerprint density at radius 2 is 1.94 bits per heavy atom. The molecule has 3 unspecified atom stereocenters. The topological polar surface area (TPSA) is 66.8 Å². The molecule has 1 aliphatic carbocycles. The molecule has 2 rings (SSSR count). The number of carbonyl (C=O) groups excluding carboxylic acids is 2. The van der Waals surface area contributed by atoms with E-state index in [9.17, 15) is 14.7 Å². The number of aliphatic hydroxyl groups excluding tert-OH is 1. The lowest BCUT2D eigenvalue weighted by molar-refractivity contribution is -0.165. The van der Waals surface area contributed by atoms with Crippen molar-refractivity contribution >= 4 is 11.8 Å². The predicted octanol–water partition coefficient (Wildman–Crippen LogP) is 0.311. The summed E-state index contributed by atoms with van der Waals surface area (Å²) in [6.45, 7) is 2.02. The predicted molar refractivity (Wildman–Crippen MR) is 60.1 cm³/mol. The van der Waals surface area contributed by atoms with Crippen LogP contribution in [0, 0.1) is 5.92 Å². The van der Waals surface area contributed by atoms with Crippen LogP contribution in [-0.4, -0.2) is 47.2 Å². The fourth-order valence-electron chi connectivity index (χ4n) is 2.85. The van der Waals surface area contributed by atoms with Crippen LogP contribution in [0.25, 0.3) is 0 Å². The Kier molecular flexibility index (Phi) is 3.79. The smallest absolute Gasteiger partial charge is 0.255 e. The second kappa shape index (κ2) is 5.14. The molecule has 3 atom stereocenters. The van der Waals surface area contributed by atoms with Crippen LogP contribution in [0.4, 0.5) is 0 Å². The van der Waals surface area contributed by atoms with Gasteiger partial charge in [0.15, 0.2) is 0 Å². The van der Waals surface area contributed by atoms with E-state index in [2.05, 4.69) is 6.92 Å². The Morgan fingerprint density at radius 3 is 2.53 bits per heavy atom. The highest BCUT2D eigenvalue weighted by Gasteiger charge is 2.39. The average Bonchev–Trinajstić information content (AvgIpc) is 2.29. The van der Waals surface area contributed by atoms with Crippen molar-refractivity contribution in [2.75, 3.05) is 13.2 Å². The number of nitrogens with zero attached hydrogens (tertiary/aromatic N) is 1. The van der Waals surface area contributed by atoms with Crippen LogP contribution in [0.5, 0.6) is 0 Å². The fourth-order valence-corrected chi connectivity index (χ4v) is 2.85. The summed E-state index contributed by atoms with van der Waals surface area (Å²) < 4.78 is 4.91. The molecule has 0 radical (unpaired) electrons. The molecule has 0 aromatic carbocycles. The highest BCUT2D eigenvalue weighted by molar-refractivity contribution is 5.98. The summed E-state index contributed by atoms with van der Waals surface area (Å²) in [6.07, 6.45) is 2.68. The highest BCUT2D eigenvalue weighted by Crippen LogP contribution is 2.31. The van der Waals surface area contributed by atoms with Crippen molar-refractivity contribution in [3.8, 4) is 0 Å². The zero-order chi connectivity index (χ0) is 12.4. The van der Waals surface area contributed by atoms with Gasteiger partial charge in [0.25, 0.3) is 11.8 Å². The third-order valence-electron chi connectivity index (χ3n) is 3.77. The van der Waals surface area contributed by atoms with Gasteiger partial charge in [0.05, 0.1) is 6.10 Å². The van der Waals surface area contributed by atoms with Crippen LogP contribution in [0.2, 0.25) is 0 Å². The van der Waals surface area contributed by atoms with E-state index in [0.717, 1.165) is 19.3 Å². The van der Waals surface area contributed by atoms with Crippen LogP contribution < -0.4 is 0 Å². The molecule has 1 saturated carbocycles. The molecule has 2 aliphatic rings.